The first-order valence-corrected chi connectivity index (χ1v) is 6.14. The SMILES string of the molecule is CCCC(CN)c1ccc(OC(C)C)cc1. The van der Waals surface area contributed by atoms with Crippen LogP contribution < -0.4 is 10.5 Å². The Bertz CT molecular complexity index is 292. The van der Waals surface area contributed by atoms with Crippen molar-refractivity contribution in [2.45, 2.75) is 45.6 Å². The van der Waals surface area contributed by atoms with E-state index in [1.165, 1.54) is 12.0 Å². The Morgan fingerprint density at radius 2 is 1.81 bits per heavy atom. The van der Waals surface area contributed by atoms with Crippen LogP contribution in [0.2, 0.25) is 0 Å². The van der Waals surface area contributed by atoms with Gasteiger partial charge in [0, 0.05) is 0 Å². The van der Waals surface area contributed by atoms with Gasteiger partial charge in [-0.25, -0.2) is 0 Å². The van der Waals surface area contributed by atoms with Crippen molar-refractivity contribution >= 4 is 0 Å². The Balaban J connectivity index is 2.69. The minimum atomic E-state index is 0.229. The highest BCUT2D eigenvalue weighted by molar-refractivity contribution is 5.29. The molecule has 0 amide bonds. The van der Waals surface area contributed by atoms with Gasteiger partial charge < -0.3 is 10.5 Å². The average molecular weight is 221 g/mol. The van der Waals surface area contributed by atoms with E-state index in [1.807, 2.05) is 26.0 Å². The van der Waals surface area contributed by atoms with Crippen LogP contribution in [0.1, 0.15) is 45.1 Å². The number of nitrogens with two attached hydrogens (primary N) is 1. The molecule has 0 spiro atoms. The highest BCUT2D eigenvalue weighted by Gasteiger charge is 2.08. The standard InChI is InChI=1S/C14H23NO/c1-4-5-13(10-15)12-6-8-14(9-7-12)16-11(2)3/h6-9,11,13H,4-5,10,15H2,1-3H3. The van der Waals surface area contributed by atoms with Crippen LogP contribution in [0.25, 0.3) is 0 Å². The van der Waals surface area contributed by atoms with E-state index in [4.69, 9.17) is 10.5 Å². The first-order valence-electron chi connectivity index (χ1n) is 6.14. The lowest BCUT2D eigenvalue weighted by Crippen LogP contribution is -2.12. The van der Waals surface area contributed by atoms with Crippen LogP contribution in [0, 0.1) is 0 Å². The lowest BCUT2D eigenvalue weighted by Gasteiger charge is -2.15. The van der Waals surface area contributed by atoms with E-state index in [0.717, 1.165) is 18.7 Å². The van der Waals surface area contributed by atoms with Crippen molar-refractivity contribution in [3.63, 3.8) is 0 Å². The third-order valence-corrected chi connectivity index (χ3v) is 2.64. The van der Waals surface area contributed by atoms with Crippen LogP contribution in [-0.2, 0) is 0 Å². The molecule has 16 heavy (non-hydrogen) atoms. The minimum absolute atomic E-state index is 0.229. The molecule has 0 radical (unpaired) electrons. The van der Waals surface area contributed by atoms with E-state index in [1.54, 1.807) is 0 Å². The van der Waals surface area contributed by atoms with Crippen LogP contribution in [0.4, 0.5) is 0 Å². The second-order valence-electron chi connectivity index (χ2n) is 4.46. The summed E-state index contributed by atoms with van der Waals surface area (Å²) in [6.07, 6.45) is 2.55. The van der Waals surface area contributed by atoms with Gasteiger partial charge in [0.05, 0.1) is 6.10 Å². The summed E-state index contributed by atoms with van der Waals surface area (Å²) < 4.78 is 5.61. The second-order valence-corrected chi connectivity index (χ2v) is 4.46. The molecule has 0 heterocycles. The number of ether oxygens (including phenoxy) is 1. The fourth-order valence-electron chi connectivity index (χ4n) is 1.86. The van der Waals surface area contributed by atoms with Crippen molar-refractivity contribution in [1.29, 1.82) is 0 Å². The maximum atomic E-state index is 5.78. The normalized spacial score (nSPS) is 12.8. The summed E-state index contributed by atoms with van der Waals surface area (Å²) in [7, 11) is 0. The molecule has 2 nitrogen and oxygen atoms in total. The molecular formula is C14H23NO. The quantitative estimate of drug-likeness (QED) is 0.799. The van der Waals surface area contributed by atoms with Crippen molar-refractivity contribution in [2.75, 3.05) is 6.54 Å². The predicted molar refractivity (Wildman–Crippen MR) is 68.9 cm³/mol. The molecule has 0 fully saturated rings. The van der Waals surface area contributed by atoms with Gasteiger partial charge in [0.25, 0.3) is 0 Å². The molecule has 0 bridgehead atoms. The Morgan fingerprint density at radius 1 is 1.19 bits per heavy atom. The number of hydrogen-bond donors (Lipinski definition) is 1. The Labute approximate surface area is 98.8 Å². The summed E-state index contributed by atoms with van der Waals surface area (Å²) in [6, 6.07) is 8.33. The molecule has 1 aromatic rings. The van der Waals surface area contributed by atoms with Gasteiger partial charge in [-0.3, -0.25) is 0 Å². The maximum Gasteiger partial charge on any atom is 0.119 e. The third kappa shape index (κ3) is 3.86. The zero-order chi connectivity index (χ0) is 12.0. The molecule has 0 aromatic heterocycles. The van der Waals surface area contributed by atoms with E-state index >= 15 is 0 Å². The van der Waals surface area contributed by atoms with E-state index < -0.39 is 0 Å². The molecule has 0 saturated heterocycles. The van der Waals surface area contributed by atoms with Crippen molar-refractivity contribution in [3.05, 3.63) is 29.8 Å². The summed E-state index contributed by atoms with van der Waals surface area (Å²) in [5.74, 6) is 1.42. The van der Waals surface area contributed by atoms with E-state index in [2.05, 4.69) is 19.1 Å². The Hall–Kier alpha value is -1.02. The summed E-state index contributed by atoms with van der Waals surface area (Å²) in [6.45, 7) is 6.98. The third-order valence-electron chi connectivity index (χ3n) is 2.64. The molecule has 1 atom stereocenters. The lowest BCUT2D eigenvalue weighted by atomic mass is 9.95. The van der Waals surface area contributed by atoms with Crippen molar-refractivity contribution < 1.29 is 4.74 Å². The summed E-state index contributed by atoms with van der Waals surface area (Å²) >= 11 is 0. The smallest absolute Gasteiger partial charge is 0.119 e. The second kappa shape index (κ2) is 6.54. The van der Waals surface area contributed by atoms with Gasteiger partial charge in [-0.05, 0) is 50.4 Å². The Kier molecular flexibility index (Phi) is 5.33. The topological polar surface area (TPSA) is 35.2 Å². The first-order chi connectivity index (χ1) is 7.67. The van der Waals surface area contributed by atoms with Crippen LogP contribution >= 0.6 is 0 Å². The molecule has 1 aromatic carbocycles. The highest BCUT2D eigenvalue weighted by atomic mass is 16.5. The lowest BCUT2D eigenvalue weighted by molar-refractivity contribution is 0.242. The molecule has 90 valence electrons. The highest BCUT2D eigenvalue weighted by Crippen LogP contribution is 2.23. The van der Waals surface area contributed by atoms with Gasteiger partial charge >= 0.3 is 0 Å². The molecule has 0 aliphatic rings. The van der Waals surface area contributed by atoms with Crippen molar-refractivity contribution in [3.8, 4) is 5.75 Å². The van der Waals surface area contributed by atoms with Gasteiger partial charge in [0.2, 0.25) is 0 Å². The molecular weight excluding hydrogens is 198 g/mol. The maximum absolute atomic E-state index is 5.78. The molecule has 0 aliphatic carbocycles. The molecule has 1 unspecified atom stereocenters. The minimum Gasteiger partial charge on any atom is -0.491 e. The average Bonchev–Trinajstić information content (AvgIpc) is 2.26. The zero-order valence-corrected chi connectivity index (χ0v) is 10.6. The monoisotopic (exact) mass is 221 g/mol. The molecule has 2 heteroatoms. The number of rotatable bonds is 6. The van der Waals surface area contributed by atoms with E-state index in [0.29, 0.717) is 5.92 Å². The molecule has 1 rings (SSSR count). The van der Waals surface area contributed by atoms with Gasteiger partial charge in [-0.15, -0.1) is 0 Å². The van der Waals surface area contributed by atoms with Gasteiger partial charge in [-0.2, -0.15) is 0 Å². The zero-order valence-electron chi connectivity index (χ0n) is 10.6. The van der Waals surface area contributed by atoms with Crippen molar-refractivity contribution in [1.82, 2.24) is 0 Å². The van der Waals surface area contributed by atoms with Crippen LogP contribution in [0.3, 0.4) is 0 Å². The first kappa shape index (κ1) is 13.0. The summed E-state index contributed by atoms with van der Waals surface area (Å²) in [5, 5.41) is 0. The van der Waals surface area contributed by atoms with Crippen LogP contribution in [0.15, 0.2) is 24.3 Å². The molecule has 0 saturated carbocycles. The molecule has 0 aliphatic heterocycles. The fourth-order valence-corrected chi connectivity index (χ4v) is 1.86. The van der Waals surface area contributed by atoms with Gasteiger partial charge in [0.1, 0.15) is 5.75 Å². The predicted octanol–water partition coefficient (Wildman–Crippen LogP) is 3.32. The van der Waals surface area contributed by atoms with E-state index in [9.17, 15) is 0 Å². The Morgan fingerprint density at radius 3 is 2.25 bits per heavy atom. The summed E-state index contributed by atoms with van der Waals surface area (Å²) in [5.41, 5.74) is 7.10. The van der Waals surface area contributed by atoms with Crippen LogP contribution in [-0.4, -0.2) is 12.6 Å². The number of benzene rings is 1. The van der Waals surface area contributed by atoms with E-state index in [-0.39, 0.29) is 6.10 Å². The van der Waals surface area contributed by atoms with Gasteiger partial charge in [0.15, 0.2) is 0 Å². The van der Waals surface area contributed by atoms with Gasteiger partial charge in [-0.1, -0.05) is 25.5 Å². The number of hydrogen-bond acceptors (Lipinski definition) is 2. The molecule has 2 N–H and O–H groups in total. The fraction of sp³-hybridized carbons (Fsp3) is 0.571. The summed E-state index contributed by atoms with van der Waals surface area (Å²) in [4.78, 5) is 0. The van der Waals surface area contributed by atoms with Crippen LogP contribution in [0.5, 0.6) is 5.75 Å². The largest absolute Gasteiger partial charge is 0.491 e. The van der Waals surface area contributed by atoms with Crippen molar-refractivity contribution in [2.24, 2.45) is 5.73 Å².